The van der Waals surface area contributed by atoms with Crippen molar-refractivity contribution in [1.29, 1.82) is 0 Å². The Morgan fingerprint density at radius 2 is 2.09 bits per heavy atom. The molecule has 11 heavy (non-hydrogen) atoms. The molecule has 1 unspecified atom stereocenters. The minimum atomic E-state index is -1.12. The number of aliphatic hydroxyl groups excluding tert-OH is 4. The van der Waals surface area contributed by atoms with Crippen molar-refractivity contribution < 1.29 is 25.2 Å². The zero-order valence-electron chi connectivity index (χ0n) is 5.92. The summed E-state index contributed by atoms with van der Waals surface area (Å²) in [5.74, 6) is 0. The monoisotopic (exact) mass is 164 g/mol. The molecule has 5 nitrogen and oxygen atoms in total. The third kappa shape index (κ3) is 1.69. The number of hydrogen-bond donors (Lipinski definition) is 4. The lowest BCUT2D eigenvalue weighted by Crippen LogP contribution is -2.40. The summed E-state index contributed by atoms with van der Waals surface area (Å²) >= 11 is 0. The van der Waals surface area contributed by atoms with Crippen LogP contribution in [0.25, 0.3) is 0 Å². The average molecular weight is 164 g/mol. The van der Waals surface area contributed by atoms with Gasteiger partial charge in [-0.1, -0.05) is 0 Å². The lowest BCUT2D eigenvalue weighted by molar-refractivity contribution is -0.0684. The Morgan fingerprint density at radius 3 is 2.45 bits per heavy atom. The van der Waals surface area contributed by atoms with E-state index in [0.29, 0.717) is 0 Å². The van der Waals surface area contributed by atoms with Gasteiger partial charge in [0.25, 0.3) is 0 Å². The molecular formula is C6H12O5. The molecule has 1 saturated heterocycles. The van der Waals surface area contributed by atoms with Crippen molar-refractivity contribution in [3.8, 4) is 0 Å². The van der Waals surface area contributed by atoms with Crippen LogP contribution in [0.2, 0.25) is 0 Å². The number of hydrogen-bond acceptors (Lipinski definition) is 5. The van der Waals surface area contributed by atoms with Crippen molar-refractivity contribution in [3.05, 3.63) is 0 Å². The van der Waals surface area contributed by atoms with Crippen LogP contribution in [0.15, 0.2) is 0 Å². The highest BCUT2D eigenvalue weighted by Gasteiger charge is 2.38. The Balaban J connectivity index is 2.47. The van der Waals surface area contributed by atoms with Crippen LogP contribution in [-0.4, -0.2) is 58.1 Å². The fraction of sp³-hybridized carbons (Fsp3) is 1.00. The highest BCUT2D eigenvalue weighted by molar-refractivity contribution is 4.87. The lowest BCUT2D eigenvalue weighted by Gasteiger charge is -2.18. The first kappa shape index (κ1) is 8.89. The first-order valence-electron chi connectivity index (χ1n) is 3.43. The van der Waals surface area contributed by atoms with Crippen LogP contribution >= 0.6 is 0 Å². The second kappa shape index (κ2) is 3.46. The third-order valence-electron chi connectivity index (χ3n) is 1.76. The largest absolute Gasteiger partial charge is 0.394 e. The van der Waals surface area contributed by atoms with Crippen LogP contribution in [0.3, 0.4) is 0 Å². The number of rotatable bonds is 2. The fourth-order valence-corrected chi connectivity index (χ4v) is 1.07. The molecule has 0 aromatic carbocycles. The molecule has 0 aromatic heterocycles. The maximum atomic E-state index is 9.11. The van der Waals surface area contributed by atoms with Crippen LogP contribution in [0.1, 0.15) is 0 Å². The Labute approximate surface area is 63.8 Å². The number of aliphatic hydroxyl groups is 4. The molecule has 1 aliphatic heterocycles. The molecule has 66 valence electrons. The quantitative estimate of drug-likeness (QED) is 0.361. The minimum Gasteiger partial charge on any atom is -0.394 e. The first-order chi connectivity index (χ1) is 5.16. The minimum absolute atomic E-state index is 0.00287. The summed E-state index contributed by atoms with van der Waals surface area (Å²) in [6.45, 7) is -0.475. The smallest absolute Gasteiger partial charge is 0.114 e. The SMILES string of the molecule is OC[C@@H](O)C1OC[C@H](O)[C@H]1O. The van der Waals surface area contributed by atoms with Crippen LogP contribution in [0.5, 0.6) is 0 Å². The Morgan fingerprint density at radius 1 is 1.45 bits per heavy atom. The van der Waals surface area contributed by atoms with Gasteiger partial charge in [-0.25, -0.2) is 0 Å². The molecule has 1 aliphatic rings. The summed E-state index contributed by atoms with van der Waals surface area (Å²) in [7, 11) is 0. The molecular weight excluding hydrogens is 152 g/mol. The Bertz CT molecular complexity index is 128. The van der Waals surface area contributed by atoms with Crippen molar-refractivity contribution in [1.82, 2.24) is 0 Å². The molecule has 4 N–H and O–H groups in total. The van der Waals surface area contributed by atoms with E-state index >= 15 is 0 Å². The van der Waals surface area contributed by atoms with E-state index in [2.05, 4.69) is 0 Å². The summed E-state index contributed by atoms with van der Waals surface area (Å²) < 4.78 is 4.82. The van der Waals surface area contributed by atoms with Crippen molar-refractivity contribution in [3.63, 3.8) is 0 Å². The molecule has 0 saturated carbocycles. The maximum absolute atomic E-state index is 9.11. The maximum Gasteiger partial charge on any atom is 0.114 e. The van der Waals surface area contributed by atoms with Gasteiger partial charge in [-0.15, -0.1) is 0 Å². The second-order valence-electron chi connectivity index (χ2n) is 2.61. The molecule has 5 heteroatoms. The predicted molar refractivity (Wildman–Crippen MR) is 34.8 cm³/mol. The van der Waals surface area contributed by atoms with E-state index in [4.69, 9.17) is 25.2 Å². The third-order valence-corrected chi connectivity index (χ3v) is 1.76. The van der Waals surface area contributed by atoms with Crippen LogP contribution < -0.4 is 0 Å². The molecule has 0 amide bonds. The Kier molecular flexibility index (Phi) is 2.80. The van der Waals surface area contributed by atoms with E-state index in [1.54, 1.807) is 0 Å². The molecule has 0 bridgehead atoms. The van der Waals surface area contributed by atoms with Crippen LogP contribution in [0.4, 0.5) is 0 Å². The Hall–Kier alpha value is -0.200. The van der Waals surface area contributed by atoms with Crippen molar-refractivity contribution in [2.45, 2.75) is 24.4 Å². The summed E-state index contributed by atoms with van der Waals surface area (Å²) in [5, 5.41) is 35.5. The summed E-state index contributed by atoms with van der Waals surface area (Å²) in [5.41, 5.74) is 0. The van der Waals surface area contributed by atoms with Gasteiger partial charge in [0.1, 0.15) is 24.4 Å². The van der Waals surface area contributed by atoms with Gasteiger partial charge in [0, 0.05) is 0 Å². The number of ether oxygens (including phenoxy) is 1. The average Bonchev–Trinajstić information content (AvgIpc) is 2.32. The van der Waals surface area contributed by atoms with Crippen molar-refractivity contribution >= 4 is 0 Å². The second-order valence-corrected chi connectivity index (χ2v) is 2.61. The highest BCUT2D eigenvalue weighted by atomic mass is 16.5. The van der Waals surface area contributed by atoms with Crippen LogP contribution in [-0.2, 0) is 4.74 Å². The normalized spacial score (nSPS) is 40.9. The highest BCUT2D eigenvalue weighted by Crippen LogP contribution is 2.16. The van der Waals surface area contributed by atoms with Gasteiger partial charge in [0.15, 0.2) is 0 Å². The van der Waals surface area contributed by atoms with Crippen molar-refractivity contribution in [2.75, 3.05) is 13.2 Å². The molecule has 0 aliphatic carbocycles. The zero-order chi connectivity index (χ0) is 8.43. The van der Waals surface area contributed by atoms with Gasteiger partial charge in [0.05, 0.1) is 13.2 Å². The van der Waals surface area contributed by atoms with Crippen LogP contribution in [0, 0.1) is 0 Å². The van der Waals surface area contributed by atoms with Gasteiger partial charge < -0.3 is 25.2 Å². The van der Waals surface area contributed by atoms with E-state index in [9.17, 15) is 0 Å². The molecule has 0 spiro atoms. The van der Waals surface area contributed by atoms with Gasteiger partial charge in [0.2, 0.25) is 0 Å². The zero-order valence-corrected chi connectivity index (χ0v) is 5.92. The first-order valence-corrected chi connectivity index (χ1v) is 3.43. The summed E-state index contributed by atoms with van der Waals surface area (Å²) in [6, 6.07) is 0. The van der Waals surface area contributed by atoms with Gasteiger partial charge in [-0.3, -0.25) is 0 Å². The molecule has 0 radical (unpaired) electrons. The standard InChI is InChI=1S/C6H12O5/c7-1-3(8)6-5(10)4(9)2-11-6/h3-10H,1-2H2/t3-,4+,5-,6?/m1/s1. The van der Waals surface area contributed by atoms with Gasteiger partial charge >= 0.3 is 0 Å². The molecule has 4 atom stereocenters. The van der Waals surface area contributed by atoms with E-state index in [1.165, 1.54) is 0 Å². The summed E-state index contributed by atoms with van der Waals surface area (Å²) in [6.07, 6.45) is -4.05. The lowest BCUT2D eigenvalue weighted by atomic mass is 10.1. The summed E-state index contributed by atoms with van der Waals surface area (Å²) in [4.78, 5) is 0. The molecule has 0 aromatic rings. The van der Waals surface area contributed by atoms with E-state index in [1.807, 2.05) is 0 Å². The van der Waals surface area contributed by atoms with Gasteiger partial charge in [-0.2, -0.15) is 0 Å². The van der Waals surface area contributed by atoms with E-state index < -0.39 is 31.0 Å². The van der Waals surface area contributed by atoms with Gasteiger partial charge in [-0.05, 0) is 0 Å². The van der Waals surface area contributed by atoms with Crippen molar-refractivity contribution in [2.24, 2.45) is 0 Å². The molecule has 1 fully saturated rings. The van der Waals surface area contributed by atoms with E-state index in [0.717, 1.165) is 0 Å². The molecule has 1 rings (SSSR count). The predicted octanol–water partition coefficient (Wildman–Crippen LogP) is -2.54. The fourth-order valence-electron chi connectivity index (χ4n) is 1.07. The van der Waals surface area contributed by atoms with E-state index in [-0.39, 0.29) is 6.61 Å². The topological polar surface area (TPSA) is 90.2 Å². The molecule has 1 heterocycles.